The molecular formula is C27H37NO6. The predicted octanol–water partition coefficient (Wildman–Crippen LogP) is 4.18. The molecule has 7 heteroatoms. The maximum Gasteiger partial charge on any atom is 0.328 e. The number of carboxylic acids is 2. The summed E-state index contributed by atoms with van der Waals surface area (Å²) in [6.07, 6.45) is 6.03. The molecule has 0 amide bonds. The molecule has 0 radical (unpaired) electrons. The number of aliphatic hydroxyl groups is 1. The first-order valence-corrected chi connectivity index (χ1v) is 11.5. The summed E-state index contributed by atoms with van der Waals surface area (Å²) in [5, 5.41) is 26.4. The van der Waals surface area contributed by atoms with Crippen molar-refractivity contribution in [3.05, 3.63) is 83.4 Å². The van der Waals surface area contributed by atoms with Gasteiger partial charge in [0.25, 0.3) is 0 Å². The first-order valence-electron chi connectivity index (χ1n) is 11.5. The third kappa shape index (κ3) is 10.3. The van der Waals surface area contributed by atoms with E-state index in [1.54, 1.807) is 0 Å². The Balaban J connectivity index is 0.000000556. The average Bonchev–Trinajstić information content (AvgIpc) is 3.33. The van der Waals surface area contributed by atoms with Gasteiger partial charge in [-0.3, -0.25) is 4.90 Å². The monoisotopic (exact) mass is 471 g/mol. The Kier molecular flexibility index (Phi) is 12.8. The second-order valence-corrected chi connectivity index (χ2v) is 8.68. The Hall–Kier alpha value is -3.00. The van der Waals surface area contributed by atoms with Crippen LogP contribution in [0, 0.1) is 0 Å². The highest BCUT2D eigenvalue weighted by Crippen LogP contribution is 2.34. The van der Waals surface area contributed by atoms with Gasteiger partial charge in [-0.2, -0.15) is 0 Å². The minimum absolute atomic E-state index is 0. The highest BCUT2D eigenvalue weighted by molar-refractivity contribution is 5.89. The van der Waals surface area contributed by atoms with Crippen molar-refractivity contribution >= 4 is 11.9 Å². The summed E-state index contributed by atoms with van der Waals surface area (Å²) in [5.74, 6) is -1.78. The summed E-state index contributed by atoms with van der Waals surface area (Å²) in [7, 11) is 0. The van der Waals surface area contributed by atoms with Gasteiger partial charge in [0.1, 0.15) is 0 Å². The van der Waals surface area contributed by atoms with Crippen LogP contribution in [0.5, 0.6) is 0 Å². The van der Waals surface area contributed by atoms with Crippen LogP contribution in [0.3, 0.4) is 0 Å². The van der Waals surface area contributed by atoms with Gasteiger partial charge >= 0.3 is 11.9 Å². The number of hydrogen-bond acceptors (Lipinski definition) is 4. The predicted molar refractivity (Wildman–Crippen MR) is 133 cm³/mol. The number of hydrogen-bond donors (Lipinski definition) is 3. The van der Waals surface area contributed by atoms with Crippen molar-refractivity contribution in [1.29, 1.82) is 0 Å². The van der Waals surface area contributed by atoms with Crippen LogP contribution in [0.2, 0.25) is 0 Å². The number of rotatable bonds is 9. The van der Waals surface area contributed by atoms with Gasteiger partial charge in [0.05, 0.1) is 6.10 Å². The lowest BCUT2D eigenvalue weighted by molar-refractivity contribution is -0.134. The number of aliphatic hydroxyl groups excluding tert-OH is 1. The topological polar surface area (TPSA) is 130 Å². The number of benzene rings is 2. The fourth-order valence-corrected chi connectivity index (χ4v) is 4.00. The normalized spacial score (nSPS) is 14.5. The van der Waals surface area contributed by atoms with Crippen molar-refractivity contribution in [3.8, 4) is 0 Å². The number of carboxylic acid groups (broad SMARTS) is 2. The minimum Gasteiger partial charge on any atom is -0.478 e. The van der Waals surface area contributed by atoms with E-state index in [9.17, 15) is 14.7 Å². The smallest absolute Gasteiger partial charge is 0.328 e. The Morgan fingerprint density at radius 2 is 1.47 bits per heavy atom. The molecule has 3 rings (SSSR count). The Labute approximate surface area is 201 Å². The van der Waals surface area contributed by atoms with E-state index in [2.05, 4.69) is 67.3 Å². The molecule has 0 saturated heterocycles. The SMILES string of the molecule is CC(C)N(Cc1ccccc1)CC(O)c1ccc(C2CCCC2)cc1.O.O=C(O)/C=C\C(=O)O. The third-order valence-corrected chi connectivity index (χ3v) is 5.88. The maximum atomic E-state index is 10.7. The van der Waals surface area contributed by atoms with Crippen LogP contribution in [-0.2, 0) is 16.1 Å². The van der Waals surface area contributed by atoms with Crippen molar-refractivity contribution in [2.24, 2.45) is 0 Å². The molecule has 0 aromatic heterocycles. The van der Waals surface area contributed by atoms with E-state index in [1.165, 1.54) is 36.8 Å². The van der Waals surface area contributed by atoms with Gasteiger partial charge in [-0.25, -0.2) is 9.59 Å². The van der Waals surface area contributed by atoms with Gasteiger partial charge in [-0.1, -0.05) is 67.4 Å². The van der Waals surface area contributed by atoms with Gasteiger partial charge in [0.15, 0.2) is 0 Å². The van der Waals surface area contributed by atoms with E-state index in [4.69, 9.17) is 10.2 Å². The fraction of sp³-hybridized carbons (Fsp3) is 0.407. The highest BCUT2D eigenvalue weighted by atomic mass is 16.4. The van der Waals surface area contributed by atoms with Gasteiger partial charge in [-0.15, -0.1) is 0 Å². The molecule has 1 fully saturated rings. The molecule has 0 heterocycles. The number of aliphatic carboxylic acids is 2. The van der Waals surface area contributed by atoms with E-state index in [-0.39, 0.29) is 5.48 Å². The zero-order chi connectivity index (χ0) is 24.2. The lowest BCUT2D eigenvalue weighted by atomic mass is 9.95. The first-order chi connectivity index (χ1) is 15.8. The molecule has 2 aromatic rings. The zero-order valence-corrected chi connectivity index (χ0v) is 19.9. The van der Waals surface area contributed by atoms with E-state index < -0.39 is 18.0 Å². The van der Waals surface area contributed by atoms with Crippen LogP contribution >= 0.6 is 0 Å². The second kappa shape index (κ2) is 15.0. The molecule has 34 heavy (non-hydrogen) atoms. The van der Waals surface area contributed by atoms with E-state index in [0.29, 0.717) is 24.7 Å². The number of carbonyl (C=O) groups is 2. The Bertz CT molecular complexity index is 873. The quantitative estimate of drug-likeness (QED) is 0.471. The Morgan fingerprint density at radius 3 is 1.94 bits per heavy atom. The molecule has 0 aliphatic heterocycles. The maximum absolute atomic E-state index is 10.7. The third-order valence-electron chi connectivity index (χ3n) is 5.88. The van der Waals surface area contributed by atoms with E-state index in [0.717, 1.165) is 18.0 Å². The largest absolute Gasteiger partial charge is 0.478 e. The Morgan fingerprint density at radius 1 is 0.941 bits per heavy atom. The molecule has 1 unspecified atom stereocenters. The highest BCUT2D eigenvalue weighted by Gasteiger charge is 2.19. The summed E-state index contributed by atoms with van der Waals surface area (Å²) in [4.78, 5) is 21.4. The molecule has 7 nitrogen and oxygen atoms in total. The first kappa shape index (κ1) is 29.0. The lowest BCUT2D eigenvalue weighted by Gasteiger charge is -2.29. The molecule has 2 aromatic carbocycles. The van der Waals surface area contributed by atoms with E-state index >= 15 is 0 Å². The fourth-order valence-electron chi connectivity index (χ4n) is 4.00. The standard InChI is InChI=1S/C23H31NO.C4H4O4.H2O/c1-18(2)24(16-19-8-4-3-5-9-19)17-23(25)22-14-12-21(13-15-22)20-10-6-7-11-20;5-3(6)1-2-4(7)8;/h3-5,8-9,12-15,18,20,23,25H,6-7,10-11,16-17H2,1-2H3;1-2H,(H,5,6)(H,7,8);1H2/b;2-1-;. The molecular weight excluding hydrogens is 434 g/mol. The molecule has 0 spiro atoms. The molecule has 1 aliphatic carbocycles. The summed E-state index contributed by atoms with van der Waals surface area (Å²) >= 11 is 0. The lowest BCUT2D eigenvalue weighted by Crippen LogP contribution is -2.34. The van der Waals surface area contributed by atoms with Crippen LogP contribution in [-0.4, -0.2) is 50.2 Å². The van der Waals surface area contributed by atoms with Crippen molar-refractivity contribution in [2.75, 3.05) is 6.54 Å². The molecule has 1 saturated carbocycles. The van der Waals surface area contributed by atoms with Crippen molar-refractivity contribution in [1.82, 2.24) is 4.90 Å². The van der Waals surface area contributed by atoms with Gasteiger partial charge in [0.2, 0.25) is 0 Å². The van der Waals surface area contributed by atoms with Crippen LogP contribution in [0.1, 0.15) is 68.2 Å². The summed E-state index contributed by atoms with van der Waals surface area (Å²) in [6, 6.07) is 19.6. The van der Waals surface area contributed by atoms with Crippen LogP contribution < -0.4 is 0 Å². The van der Waals surface area contributed by atoms with Gasteiger partial charge in [-0.05, 0) is 49.3 Å². The van der Waals surface area contributed by atoms with Crippen LogP contribution in [0.4, 0.5) is 0 Å². The summed E-state index contributed by atoms with van der Waals surface area (Å²) in [5.41, 5.74) is 3.76. The van der Waals surface area contributed by atoms with Crippen LogP contribution in [0.15, 0.2) is 66.7 Å². The molecule has 0 bridgehead atoms. The average molecular weight is 472 g/mol. The van der Waals surface area contributed by atoms with Crippen molar-refractivity contribution < 1.29 is 30.4 Å². The van der Waals surface area contributed by atoms with Gasteiger partial charge in [0, 0.05) is 31.3 Å². The second-order valence-electron chi connectivity index (χ2n) is 8.68. The van der Waals surface area contributed by atoms with Crippen molar-refractivity contribution in [3.63, 3.8) is 0 Å². The zero-order valence-electron chi connectivity index (χ0n) is 19.9. The van der Waals surface area contributed by atoms with Gasteiger partial charge < -0.3 is 20.8 Å². The van der Waals surface area contributed by atoms with Crippen LogP contribution in [0.25, 0.3) is 0 Å². The molecule has 1 atom stereocenters. The minimum atomic E-state index is -1.26. The van der Waals surface area contributed by atoms with E-state index in [1.807, 2.05) is 6.07 Å². The molecule has 5 N–H and O–H groups in total. The van der Waals surface area contributed by atoms with Crippen molar-refractivity contribution in [2.45, 2.75) is 64.1 Å². The molecule has 1 aliphatic rings. The number of nitrogens with zero attached hydrogens (tertiary/aromatic N) is 1. The summed E-state index contributed by atoms with van der Waals surface area (Å²) in [6.45, 7) is 5.92. The molecule has 186 valence electrons. The summed E-state index contributed by atoms with van der Waals surface area (Å²) < 4.78 is 0.